The van der Waals surface area contributed by atoms with Crippen molar-refractivity contribution in [3.8, 4) is 11.5 Å². The van der Waals surface area contributed by atoms with Gasteiger partial charge in [0.2, 0.25) is 0 Å². The van der Waals surface area contributed by atoms with Crippen LogP contribution in [0.15, 0.2) is 42.5 Å². The van der Waals surface area contributed by atoms with Gasteiger partial charge in [-0.25, -0.2) is 4.79 Å². The minimum atomic E-state index is -1.28. The lowest BCUT2D eigenvalue weighted by atomic mass is 9.87. The number of ether oxygens (including phenoxy) is 1. The molecule has 0 radical (unpaired) electrons. The molecular weight excluding hydrogens is 298 g/mol. The fraction of sp³-hybridized carbons (Fsp3) is 0.235. The Morgan fingerprint density at radius 2 is 1.74 bits per heavy atom. The summed E-state index contributed by atoms with van der Waals surface area (Å²) in [5.74, 6) is -0.754. The molecule has 0 fully saturated rings. The molecule has 6 nitrogen and oxygen atoms in total. The average molecular weight is 315 g/mol. The zero-order valence-electron chi connectivity index (χ0n) is 13.1. The first-order chi connectivity index (χ1) is 10.7. The van der Waals surface area contributed by atoms with Gasteiger partial charge in [-0.3, -0.25) is 10.1 Å². The quantitative estimate of drug-likeness (QED) is 0.668. The van der Waals surface area contributed by atoms with E-state index in [4.69, 9.17) is 4.74 Å². The third-order valence-corrected chi connectivity index (χ3v) is 3.35. The van der Waals surface area contributed by atoms with Gasteiger partial charge >= 0.3 is 5.97 Å². The zero-order chi connectivity index (χ0) is 17.2. The standard InChI is InChI=1S/C17H17NO5/c1-17(2,3)11-4-7-13(8-5-11)23-15-9-6-12(18(21)22)10-14(15)16(19)20/h4-10H,1-3H3,(H,19,20). The zero-order valence-corrected chi connectivity index (χ0v) is 13.1. The van der Waals surface area contributed by atoms with Crippen molar-refractivity contribution in [2.24, 2.45) is 0 Å². The molecular formula is C17H17NO5. The molecule has 0 aliphatic carbocycles. The Kier molecular flexibility index (Phi) is 4.36. The van der Waals surface area contributed by atoms with Crippen molar-refractivity contribution in [1.29, 1.82) is 0 Å². The van der Waals surface area contributed by atoms with Gasteiger partial charge < -0.3 is 9.84 Å². The van der Waals surface area contributed by atoms with Gasteiger partial charge in [0, 0.05) is 12.1 Å². The number of aromatic carboxylic acids is 1. The number of hydrogen-bond donors (Lipinski definition) is 1. The van der Waals surface area contributed by atoms with E-state index in [-0.39, 0.29) is 22.4 Å². The predicted molar refractivity (Wildman–Crippen MR) is 85.3 cm³/mol. The Bertz CT molecular complexity index is 745. The van der Waals surface area contributed by atoms with E-state index >= 15 is 0 Å². The molecule has 2 rings (SSSR count). The highest BCUT2D eigenvalue weighted by atomic mass is 16.6. The minimum Gasteiger partial charge on any atom is -0.478 e. The van der Waals surface area contributed by atoms with Crippen molar-refractivity contribution >= 4 is 11.7 Å². The van der Waals surface area contributed by atoms with Gasteiger partial charge in [-0.15, -0.1) is 0 Å². The summed E-state index contributed by atoms with van der Waals surface area (Å²) in [4.78, 5) is 21.4. The van der Waals surface area contributed by atoms with Crippen molar-refractivity contribution in [2.45, 2.75) is 26.2 Å². The van der Waals surface area contributed by atoms with Crippen molar-refractivity contribution in [2.75, 3.05) is 0 Å². The van der Waals surface area contributed by atoms with Gasteiger partial charge in [0.05, 0.1) is 4.92 Å². The molecule has 0 unspecified atom stereocenters. The van der Waals surface area contributed by atoms with E-state index in [1.54, 1.807) is 12.1 Å². The van der Waals surface area contributed by atoms with Gasteiger partial charge in [0.1, 0.15) is 17.1 Å². The van der Waals surface area contributed by atoms with Crippen molar-refractivity contribution in [1.82, 2.24) is 0 Å². The molecule has 0 heterocycles. The summed E-state index contributed by atoms with van der Waals surface area (Å²) in [5.41, 5.74) is 0.571. The number of carbonyl (C=O) groups is 1. The summed E-state index contributed by atoms with van der Waals surface area (Å²) in [6.45, 7) is 6.26. The Hall–Kier alpha value is -2.89. The molecule has 120 valence electrons. The first-order valence-corrected chi connectivity index (χ1v) is 6.98. The molecule has 0 saturated carbocycles. The number of carboxylic acids is 1. The van der Waals surface area contributed by atoms with E-state index in [9.17, 15) is 20.0 Å². The summed E-state index contributed by atoms with van der Waals surface area (Å²) >= 11 is 0. The largest absolute Gasteiger partial charge is 0.478 e. The van der Waals surface area contributed by atoms with Crippen LogP contribution in [0.2, 0.25) is 0 Å². The van der Waals surface area contributed by atoms with Crippen molar-refractivity contribution in [3.05, 3.63) is 63.7 Å². The molecule has 6 heteroatoms. The van der Waals surface area contributed by atoms with Crippen LogP contribution in [0.3, 0.4) is 0 Å². The summed E-state index contributed by atoms with van der Waals surface area (Å²) in [6.07, 6.45) is 0. The fourth-order valence-electron chi connectivity index (χ4n) is 2.04. The summed E-state index contributed by atoms with van der Waals surface area (Å²) in [6, 6.07) is 10.8. The maximum atomic E-state index is 11.3. The van der Waals surface area contributed by atoms with Crippen LogP contribution < -0.4 is 4.74 Å². The van der Waals surface area contributed by atoms with E-state index in [1.165, 1.54) is 12.1 Å². The van der Waals surface area contributed by atoms with Crippen LogP contribution in [0.5, 0.6) is 11.5 Å². The van der Waals surface area contributed by atoms with Crippen LogP contribution in [0.4, 0.5) is 5.69 Å². The van der Waals surface area contributed by atoms with Crippen LogP contribution in [-0.2, 0) is 5.41 Å². The molecule has 0 spiro atoms. The molecule has 0 atom stereocenters. The normalized spacial score (nSPS) is 11.1. The first kappa shape index (κ1) is 16.5. The smallest absolute Gasteiger partial charge is 0.339 e. The number of rotatable bonds is 4. The number of nitro benzene ring substituents is 1. The molecule has 0 aliphatic rings. The maximum absolute atomic E-state index is 11.3. The Morgan fingerprint density at radius 1 is 1.13 bits per heavy atom. The van der Waals surface area contributed by atoms with Crippen LogP contribution in [0.1, 0.15) is 36.7 Å². The summed E-state index contributed by atoms with van der Waals surface area (Å²) in [7, 11) is 0. The number of nitrogens with zero attached hydrogens (tertiary/aromatic N) is 1. The highest BCUT2D eigenvalue weighted by Crippen LogP contribution is 2.30. The maximum Gasteiger partial charge on any atom is 0.339 e. The number of non-ortho nitro benzene ring substituents is 1. The van der Waals surface area contributed by atoms with E-state index in [2.05, 4.69) is 20.8 Å². The lowest BCUT2D eigenvalue weighted by Gasteiger charge is -2.19. The minimum absolute atomic E-state index is 0.00187. The third-order valence-electron chi connectivity index (χ3n) is 3.35. The Balaban J connectivity index is 2.32. The fourth-order valence-corrected chi connectivity index (χ4v) is 2.04. The Labute approximate surface area is 133 Å². The molecule has 0 saturated heterocycles. The average Bonchev–Trinajstić information content (AvgIpc) is 2.46. The first-order valence-electron chi connectivity index (χ1n) is 6.98. The monoisotopic (exact) mass is 315 g/mol. The predicted octanol–water partition coefficient (Wildman–Crippen LogP) is 4.38. The van der Waals surface area contributed by atoms with Crippen LogP contribution in [-0.4, -0.2) is 16.0 Å². The van der Waals surface area contributed by atoms with Gasteiger partial charge in [-0.1, -0.05) is 32.9 Å². The second-order valence-electron chi connectivity index (χ2n) is 6.12. The number of nitro groups is 1. The van der Waals surface area contributed by atoms with E-state index in [0.29, 0.717) is 5.75 Å². The van der Waals surface area contributed by atoms with Crippen LogP contribution >= 0.6 is 0 Å². The van der Waals surface area contributed by atoms with E-state index in [1.807, 2.05) is 12.1 Å². The number of benzene rings is 2. The van der Waals surface area contributed by atoms with Gasteiger partial charge in [0.25, 0.3) is 5.69 Å². The molecule has 0 aromatic heterocycles. The molecule has 0 aliphatic heterocycles. The number of carboxylic acid groups (broad SMARTS) is 1. The molecule has 2 aromatic carbocycles. The lowest BCUT2D eigenvalue weighted by molar-refractivity contribution is -0.384. The van der Waals surface area contributed by atoms with Crippen LogP contribution in [0, 0.1) is 10.1 Å². The van der Waals surface area contributed by atoms with Gasteiger partial charge in [-0.2, -0.15) is 0 Å². The SMILES string of the molecule is CC(C)(C)c1ccc(Oc2ccc([N+](=O)[O-])cc2C(=O)O)cc1. The lowest BCUT2D eigenvalue weighted by Crippen LogP contribution is -2.10. The summed E-state index contributed by atoms with van der Waals surface area (Å²) in [5, 5.41) is 19.9. The molecule has 23 heavy (non-hydrogen) atoms. The van der Waals surface area contributed by atoms with Gasteiger partial charge in [0.15, 0.2) is 0 Å². The third kappa shape index (κ3) is 3.85. The van der Waals surface area contributed by atoms with Crippen molar-refractivity contribution in [3.63, 3.8) is 0 Å². The second kappa shape index (κ2) is 6.08. The molecule has 0 bridgehead atoms. The Morgan fingerprint density at radius 3 is 2.22 bits per heavy atom. The van der Waals surface area contributed by atoms with E-state index < -0.39 is 10.9 Å². The van der Waals surface area contributed by atoms with Crippen molar-refractivity contribution < 1.29 is 19.6 Å². The molecule has 0 amide bonds. The topological polar surface area (TPSA) is 89.7 Å². The number of hydrogen-bond acceptors (Lipinski definition) is 4. The van der Waals surface area contributed by atoms with Gasteiger partial charge in [-0.05, 0) is 29.2 Å². The molecule has 1 N–H and O–H groups in total. The highest BCUT2D eigenvalue weighted by molar-refractivity contribution is 5.91. The van der Waals surface area contributed by atoms with Crippen LogP contribution in [0.25, 0.3) is 0 Å². The molecule has 2 aromatic rings. The second-order valence-corrected chi connectivity index (χ2v) is 6.12. The highest BCUT2D eigenvalue weighted by Gasteiger charge is 2.18. The van der Waals surface area contributed by atoms with E-state index in [0.717, 1.165) is 11.6 Å². The summed E-state index contributed by atoms with van der Waals surface area (Å²) < 4.78 is 5.57.